The number of nitrogens with one attached hydrogen (secondary N) is 1. The number of anilines is 1. The molecule has 0 fully saturated rings. The van der Waals surface area contributed by atoms with Crippen LogP contribution in [-0.2, 0) is 6.42 Å². The molecule has 0 aromatic carbocycles. The molecule has 0 unspecified atom stereocenters. The molecule has 98 valence electrons. The number of aromatic nitrogens is 4. The molecule has 2 aromatic rings. The molecule has 0 spiro atoms. The van der Waals surface area contributed by atoms with Gasteiger partial charge in [-0.15, -0.1) is 0 Å². The van der Waals surface area contributed by atoms with Crippen molar-refractivity contribution in [1.82, 2.24) is 19.6 Å². The average Bonchev–Trinajstić information content (AvgIpc) is 2.86. The van der Waals surface area contributed by atoms with Crippen molar-refractivity contribution in [2.75, 3.05) is 23.9 Å². The maximum Gasteiger partial charge on any atom is 0.254 e. The zero-order valence-electron chi connectivity index (χ0n) is 10.9. The molecule has 0 saturated heterocycles. The van der Waals surface area contributed by atoms with E-state index in [4.69, 9.17) is 0 Å². The summed E-state index contributed by atoms with van der Waals surface area (Å²) in [4.78, 5) is 8.56. The number of nitrogens with zero attached hydrogens (tertiary/aromatic N) is 4. The van der Waals surface area contributed by atoms with Gasteiger partial charge in [0.05, 0.1) is 0 Å². The summed E-state index contributed by atoms with van der Waals surface area (Å²) in [5, 5.41) is 7.60. The molecule has 0 aliphatic rings. The monoisotopic (exact) mass is 265 g/mol. The van der Waals surface area contributed by atoms with E-state index in [0.717, 1.165) is 24.5 Å². The van der Waals surface area contributed by atoms with Crippen LogP contribution < -0.4 is 5.32 Å². The van der Waals surface area contributed by atoms with Crippen molar-refractivity contribution in [3.8, 4) is 0 Å². The van der Waals surface area contributed by atoms with E-state index >= 15 is 0 Å². The number of rotatable bonds is 7. The maximum absolute atomic E-state index is 4.42. The normalized spacial score (nSPS) is 11.0. The molecule has 0 radical (unpaired) electrons. The van der Waals surface area contributed by atoms with Gasteiger partial charge in [-0.05, 0) is 31.3 Å². The fraction of sp³-hybridized carbons (Fsp3) is 0.583. The van der Waals surface area contributed by atoms with Crippen LogP contribution in [-0.4, -0.2) is 38.1 Å². The van der Waals surface area contributed by atoms with Crippen molar-refractivity contribution in [3.05, 3.63) is 18.1 Å². The number of fused-ring (bicyclic) bond motifs is 1. The first kappa shape index (κ1) is 13.1. The number of unbranched alkanes of at least 4 members (excludes halogenated alkanes) is 1. The second kappa shape index (κ2) is 6.58. The van der Waals surface area contributed by atoms with Crippen molar-refractivity contribution in [2.45, 2.75) is 26.2 Å². The van der Waals surface area contributed by atoms with Crippen molar-refractivity contribution in [3.63, 3.8) is 0 Å². The Morgan fingerprint density at radius 1 is 1.39 bits per heavy atom. The summed E-state index contributed by atoms with van der Waals surface area (Å²) < 4.78 is 1.76. The van der Waals surface area contributed by atoms with Crippen molar-refractivity contribution < 1.29 is 0 Å². The van der Waals surface area contributed by atoms with Gasteiger partial charge in [0.1, 0.15) is 12.1 Å². The van der Waals surface area contributed by atoms with Gasteiger partial charge in [-0.25, -0.2) is 4.98 Å². The molecule has 6 heteroatoms. The Hall–Kier alpha value is -1.30. The van der Waals surface area contributed by atoms with Crippen LogP contribution in [0.15, 0.2) is 12.4 Å². The van der Waals surface area contributed by atoms with Crippen LogP contribution in [0.3, 0.4) is 0 Å². The van der Waals surface area contributed by atoms with Gasteiger partial charge in [-0.3, -0.25) is 0 Å². The van der Waals surface area contributed by atoms with E-state index in [9.17, 15) is 0 Å². The molecule has 0 atom stereocenters. The van der Waals surface area contributed by atoms with E-state index in [1.54, 1.807) is 10.8 Å². The third-order valence-electron chi connectivity index (χ3n) is 2.75. The van der Waals surface area contributed by atoms with Crippen LogP contribution in [0.4, 0.5) is 5.82 Å². The first-order chi connectivity index (χ1) is 8.85. The molecule has 2 aromatic heterocycles. The Kier molecular flexibility index (Phi) is 4.81. The van der Waals surface area contributed by atoms with E-state index in [1.165, 1.54) is 18.6 Å². The summed E-state index contributed by atoms with van der Waals surface area (Å²) in [5.41, 5.74) is 1.04. The number of aryl methyl sites for hydroxylation is 1. The van der Waals surface area contributed by atoms with Gasteiger partial charge >= 0.3 is 0 Å². The zero-order chi connectivity index (χ0) is 12.8. The van der Waals surface area contributed by atoms with E-state index in [1.807, 2.05) is 11.8 Å². The topological polar surface area (TPSA) is 55.1 Å². The second-order valence-electron chi connectivity index (χ2n) is 4.08. The fourth-order valence-electron chi connectivity index (χ4n) is 1.76. The van der Waals surface area contributed by atoms with Crippen LogP contribution in [0.2, 0.25) is 0 Å². The fourth-order valence-corrected chi connectivity index (χ4v) is 2.25. The van der Waals surface area contributed by atoms with Gasteiger partial charge in [-0.2, -0.15) is 26.4 Å². The standard InChI is InChI=1S/C12H19N5S/c1-3-10-8-11(13-6-4-5-7-18-2)17-12(16-10)14-9-15-17/h8-9,13H,3-7H2,1-2H3. The zero-order valence-corrected chi connectivity index (χ0v) is 11.7. The van der Waals surface area contributed by atoms with E-state index in [-0.39, 0.29) is 0 Å². The van der Waals surface area contributed by atoms with Crippen LogP contribution >= 0.6 is 11.8 Å². The maximum atomic E-state index is 4.42. The molecule has 5 nitrogen and oxygen atoms in total. The predicted octanol–water partition coefficient (Wildman–Crippen LogP) is 2.24. The number of thioether (sulfide) groups is 1. The molecule has 1 N–H and O–H groups in total. The Morgan fingerprint density at radius 2 is 2.28 bits per heavy atom. The first-order valence-corrected chi connectivity index (χ1v) is 7.67. The molecular weight excluding hydrogens is 246 g/mol. The van der Waals surface area contributed by atoms with Crippen molar-refractivity contribution in [2.24, 2.45) is 0 Å². The Labute approximate surface area is 111 Å². The van der Waals surface area contributed by atoms with Crippen molar-refractivity contribution in [1.29, 1.82) is 0 Å². The summed E-state index contributed by atoms with van der Waals surface area (Å²) in [6.45, 7) is 3.06. The lowest BCUT2D eigenvalue weighted by molar-refractivity contribution is 0.824. The highest BCUT2D eigenvalue weighted by Crippen LogP contribution is 2.11. The molecule has 2 heterocycles. The average molecular weight is 265 g/mol. The lowest BCUT2D eigenvalue weighted by atomic mass is 10.3. The quantitative estimate of drug-likeness (QED) is 0.778. The highest BCUT2D eigenvalue weighted by molar-refractivity contribution is 7.98. The first-order valence-electron chi connectivity index (χ1n) is 6.27. The summed E-state index contributed by atoms with van der Waals surface area (Å²) in [6, 6.07) is 2.05. The highest BCUT2D eigenvalue weighted by atomic mass is 32.2. The summed E-state index contributed by atoms with van der Waals surface area (Å²) in [5.74, 6) is 2.87. The largest absolute Gasteiger partial charge is 0.370 e. The summed E-state index contributed by atoms with van der Waals surface area (Å²) >= 11 is 1.89. The van der Waals surface area contributed by atoms with Crippen LogP contribution in [0.5, 0.6) is 0 Å². The number of hydrogen-bond acceptors (Lipinski definition) is 5. The minimum Gasteiger partial charge on any atom is -0.370 e. The van der Waals surface area contributed by atoms with E-state index in [0.29, 0.717) is 5.78 Å². The minimum absolute atomic E-state index is 0.668. The van der Waals surface area contributed by atoms with Crippen LogP contribution in [0.1, 0.15) is 25.5 Å². The third kappa shape index (κ3) is 3.13. The SMILES string of the molecule is CCc1cc(NCCCCSC)n2ncnc2n1. The van der Waals surface area contributed by atoms with Gasteiger partial charge in [0.15, 0.2) is 0 Å². The number of hydrogen-bond donors (Lipinski definition) is 1. The molecule has 0 aliphatic carbocycles. The third-order valence-corrected chi connectivity index (χ3v) is 3.45. The van der Waals surface area contributed by atoms with E-state index in [2.05, 4.69) is 39.6 Å². The van der Waals surface area contributed by atoms with E-state index < -0.39 is 0 Å². The van der Waals surface area contributed by atoms with Gasteiger partial charge in [-0.1, -0.05) is 6.92 Å². The molecule has 0 bridgehead atoms. The molecule has 2 rings (SSSR count). The van der Waals surface area contributed by atoms with Crippen LogP contribution in [0, 0.1) is 0 Å². The summed E-state index contributed by atoms with van der Waals surface area (Å²) in [6.07, 6.45) is 7.00. The molecule has 0 saturated carbocycles. The Bertz CT molecular complexity index is 496. The van der Waals surface area contributed by atoms with Crippen molar-refractivity contribution >= 4 is 23.4 Å². The van der Waals surface area contributed by atoms with Gasteiger partial charge in [0.2, 0.25) is 0 Å². The van der Waals surface area contributed by atoms with Gasteiger partial charge in [0, 0.05) is 18.3 Å². The molecular formula is C12H19N5S. The molecule has 0 aliphatic heterocycles. The van der Waals surface area contributed by atoms with Gasteiger partial charge < -0.3 is 5.32 Å². The Balaban J connectivity index is 2.04. The lowest BCUT2D eigenvalue weighted by Gasteiger charge is -2.08. The predicted molar refractivity (Wildman–Crippen MR) is 76.3 cm³/mol. The highest BCUT2D eigenvalue weighted by Gasteiger charge is 2.05. The van der Waals surface area contributed by atoms with Crippen LogP contribution in [0.25, 0.3) is 5.78 Å². The smallest absolute Gasteiger partial charge is 0.254 e. The van der Waals surface area contributed by atoms with Gasteiger partial charge in [0.25, 0.3) is 5.78 Å². The lowest BCUT2D eigenvalue weighted by Crippen LogP contribution is -2.09. The Morgan fingerprint density at radius 3 is 3.06 bits per heavy atom. The molecule has 18 heavy (non-hydrogen) atoms. The second-order valence-corrected chi connectivity index (χ2v) is 5.07. The molecule has 0 amide bonds. The minimum atomic E-state index is 0.668. The summed E-state index contributed by atoms with van der Waals surface area (Å²) in [7, 11) is 0.